The zero-order valence-corrected chi connectivity index (χ0v) is 11.7. The number of aliphatic hydroxyl groups excluding tert-OH is 1. The Morgan fingerprint density at radius 2 is 2.05 bits per heavy atom. The number of amides is 1. The van der Waals surface area contributed by atoms with E-state index in [1.54, 1.807) is 0 Å². The minimum Gasteiger partial charge on any atom is -0.494 e. The van der Waals surface area contributed by atoms with E-state index in [-0.39, 0.29) is 12.5 Å². The minimum atomic E-state index is 0.0112. The molecule has 1 aromatic rings. The maximum atomic E-state index is 11.4. The molecule has 0 unspecified atom stereocenters. The number of hydrogen-bond donors (Lipinski definition) is 2. The number of aryl methyl sites for hydroxylation is 2. The third kappa shape index (κ3) is 6.25. The normalized spacial score (nSPS) is 10.3. The second-order valence-electron chi connectivity index (χ2n) is 4.63. The monoisotopic (exact) mass is 265 g/mol. The van der Waals surface area contributed by atoms with Gasteiger partial charge in [0.05, 0.1) is 6.61 Å². The number of ether oxygens (including phenoxy) is 1. The van der Waals surface area contributed by atoms with Crippen molar-refractivity contribution in [2.75, 3.05) is 19.8 Å². The Labute approximate surface area is 114 Å². The molecule has 0 aliphatic carbocycles. The molecule has 0 saturated carbocycles. The van der Waals surface area contributed by atoms with Crippen LogP contribution in [-0.4, -0.2) is 30.8 Å². The average molecular weight is 265 g/mol. The fraction of sp³-hybridized carbons (Fsp3) is 0.533. The summed E-state index contributed by atoms with van der Waals surface area (Å²) in [6, 6.07) is 5.99. The summed E-state index contributed by atoms with van der Waals surface area (Å²) in [6.45, 7) is 5.30. The number of aliphatic hydroxyl groups is 1. The number of benzene rings is 1. The van der Waals surface area contributed by atoms with Crippen LogP contribution in [0.4, 0.5) is 0 Å². The van der Waals surface area contributed by atoms with Gasteiger partial charge in [-0.15, -0.1) is 0 Å². The van der Waals surface area contributed by atoms with Crippen molar-refractivity contribution in [1.29, 1.82) is 0 Å². The van der Waals surface area contributed by atoms with Crippen molar-refractivity contribution in [3.8, 4) is 5.75 Å². The summed E-state index contributed by atoms with van der Waals surface area (Å²) < 4.78 is 5.60. The Morgan fingerprint density at radius 3 is 2.74 bits per heavy atom. The van der Waals surface area contributed by atoms with Crippen molar-refractivity contribution in [3.63, 3.8) is 0 Å². The zero-order valence-electron chi connectivity index (χ0n) is 11.7. The van der Waals surface area contributed by atoms with Gasteiger partial charge in [-0.05, 0) is 49.9 Å². The number of hydrogen-bond acceptors (Lipinski definition) is 3. The Bertz CT molecular complexity index is 404. The largest absolute Gasteiger partial charge is 0.494 e. The molecule has 106 valence electrons. The van der Waals surface area contributed by atoms with Gasteiger partial charge in [-0.2, -0.15) is 0 Å². The lowest BCUT2D eigenvalue weighted by Gasteiger charge is -2.08. The summed E-state index contributed by atoms with van der Waals surface area (Å²) in [5.41, 5.74) is 2.45. The first kappa shape index (κ1) is 15.5. The first-order chi connectivity index (χ1) is 9.13. The molecule has 0 bridgehead atoms. The van der Waals surface area contributed by atoms with Gasteiger partial charge < -0.3 is 15.2 Å². The fourth-order valence-electron chi connectivity index (χ4n) is 1.62. The SMILES string of the molecule is Cc1ccc(OCCCC(=O)NCCCO)cc1C. The van der Waals surface area contributed by atoms with Crippen LogP contribution in [0.2, 0.25) is 0 Å². The Balaban J connectivity index is 2.16. The highest BCUT2D eigenvalue weighted by atomic mass is 16.5. The fourth-order valence-corrected chi connectivity index (χ4v) is 1.62. The molecule has 0 fully saturated rings. The maximum Gasteiger partial charge on any atom is 0.220 e. The molecule has 1 rings (SSSR count). The molecule has 1 amide bonds. The predicted octanol–water partition coefficient (Wildman–Crippen LogP) is 1.96. The van der Waals surface area contributed by atoms with Gasteiger partial charge in [0.1, 0.15) is 5.75 Å². The molecule has 4 nitrogen and oxygen atoms in total. The lowest BCUT2D eigenvalue weighted by Crippen LogP contribution is -2.25. The van der Waals surface area contributed by atoms with Crippen LogP contribution in [0, 0.1) is 13.8 Å². The van der Waals surface area contributed by atoms with Crippen molar-refractivity contribution in [2.45, 2.75) is 33.1 Å². The second kappa shape index (κ2) is 8.53. The summed E-state index contributed by atoms with van der Waals surface area (Å²) in [6.07, 6.45) is 1.75. The van der Waals surface area contributed by atoms with Gasteiger partial charge in [0.2, 0.25) is 5.91 Å². The number of nitrogens with one attached hydrogen (secondary N) is 1. The Morgan fingerprint density at radius 1 is 1.26 bits per heavy atom. The van der Waals surface area contributed by atoms with Gasteiger partial charge in [-0.3, -0.25) is 4.79 Å². The van der Waals surface area contributed by atoms with Crippen molar-refractivity contribution < 1.29 is 14.6 Å². The van der Waals surface area contributed by atoms with Crippen LogP contribution in [-0.2, 0) is 4.79 Å². The molecular formula is C15H23NO3. The summed E-state index contributed by atoms with van der Waals surface area (Å²) >= 11 is 0. The zero-order chi connectivity index (χ0) is 14.1. The molecule has 0 aliphatic heterocycles. The Hall–Kier alpha value is -1.55. The number of carbonyl (C=O) groups excluding carboxylic acids is 1. The van der Waals surface area contributed by atoms with Gasteiger partial charge in [-0.1, -0.05) is 6.07 Å². The first-order valence-electron chi connectivity index (χ1n) is 6.71. The van der Waals surface area contributed by atoms with Gasteiger partial charge in [0.15, 0.2) is 0 Å². The maximum absolute atomic E-state index is 11.4. The summed E-state index contributed by atoms with van der Waals surface area (Å²) in [5, 5.41) is 11.3. The lowest BCUT2D eigenvalue weighted by molar-refractivity contribution is -0.121. The molecule has 0 spiro atoms. The third-order valence-electron chi connectivity index (χ3n) is 2.95. The van der Waals surface area contributed by atoms with Gasteiger partial charge >= 0.3 is 0 Å². The number of rotatable bonds is 8. The number of carbonyl (C=O) groups is 1. The molecule has 1 aromatic carbocycles. The predicted molar refractivity (Wildman–Crippen MR) is 75.4 cm³/mol. The summed E-state index contributed by atoms with van der Waals surface area (Å²) in [7, 11) is 0. The lowest BCUT2D eigenvalue weighted by atomic mass is 10.1. The van der Waals surface area contributed by atoms with Gasteiger partial charge in [0.25, 0.3) is 0 Å². The van der Waals surface area contributed by atoms with Crippen molar-refractivity contribution >= 4 is 5.91 Å². The molecule has 0 atom stereocenters. The average Bonchev–Trinajstić information content (AvgIpc) is 2.39. The molecule has 0 aromatic heterocycles. The Kier molecular flexibility index (Phi) is 6.97. The van der Waals surface area contributed by atoms with Crippen molar-refractivity contribution in [3.05, 3.63) is 29.3 Å². The first-order valence-corrected chi connectivity index (χ1v) is 6.71. The molecular weight excluding hydrogens is 242 g/mol. The summed E-state index contributed by atoms with van der Waals surface area (Å²) in [5.74, 6) is 0.862. The van der Waals surface area contributed by atoms with Gasteiger partial charge in [-0.25, -0.2) is 0 Å². The topological polar surface area (TPSA) is 58.6 Å². The molecule has 2 N–H and O–H groups in total. The molecule has 0 radical (unpaired) electrons. The molecule has 0 saturated heterocycles. The quantitative estimate of drug-likeness (QED) is 0.706. The molecule has 0 heterocycles. The summed E-state index contributed by atoms with van der Waals surface area (Å²) in [4.78, 5) is 11.4. The van der Waals surface area contributed by atoms with E-state index in [1.165, 1.54) is 11.1 Å². The van der Waals surface area contributed by atoms with Crippen LogP contribution in [0.5, 0.6) is 5.75 Å². The van der Waals surface area contributed by atoms with E-state index in [0.717, 1.165) is 5.75 Å². The minimum absolute atomic E-state index is 0.0112. The highest BCUT2D eigenvalue weighted by Crippen LogP contribution is 2.16. The van der Waals surface area contributed by atoms with Crippen LogP contribution in [0.25, 0.3) is 0 Å². The van der Waals surface area contributed by atoms with E-state index in [0.29, 0.717) is 32.4 Å². The van der Waals surface area contributed by atoms with E-state index in [1.807, 2.05) is 18.2 Å². The van der Waals surface area contributed by atoms with E-state index in [4.69, 9.17) is 9.84 Å². The standard InChI is InChI=1S/C15H23NO3/c1-12-6-7-14(11-13(12)2)19-10-3-5-15(18)16-8-4-9-17/h6-7,11,17H,3-5,8-10H2,1-2H3,(H,16,18). The molecule has 0 aliphatic rings. The van der Waals surface area contributed by atoms with Crippen LogP contribution >= 0.6 is 0 Å². The van der Waals surface area contributed by atoms with Crippen LogP contribution in [0.15, 0.2) is 18.2 Å². The van der Waals surface area contributed by atoms with E-state index < -0.39 is 0 Å². The van der Waals surface area contributed by atoms with E-state index in [9.17, 15) is 4.79 Å². The van der Waals surface area contributed by atoms with Crippen LogP contribution in [0.1, 0.15) is 30.4 Å². The second-order valence-corrected chi connectivity index (χ2v) is 4.63. The van der Waals surface area contributed by atoms with Gasteiger partial charge in [0, 0.05) is 19.6 Å². The van der Waals surface area contributed by atoms with Crippen molar-refractivity contribution in [1.82, 2.24) is 5.32 Å². The highest BCUT2D eigenvalue weighted by Gasteiger charge is 2.01. The third-order valence-corrected chi connectivity index (χ3v) is 2.95. The smallest absolute Gasteiger partial charge is 0.220 e. The molecule has 4 heteroatoms. The van der Waals surface area contributed by atoms with Crippen LogP contribution in [0.3, 0.4) is 0 Å². The molecule has 19 heavy (non-hydrogen) atoms. The highest BCUT2D eigenvalue weighted by molar-refractivity contribution is 5.75. The van der Waals surface area contributed by atoms with E-state index in [2.05, 4.69) is 19.2 Å². The van der Waals surface area contributed by atoms with Crippen LogP contribution < -0.4 is 10.1 Å². The van der Waals surface area contributed by atoms with Crippen molar-refractivity contribution in [2.24, 2.45) is 0 Å². The van der Waals surface area contributed by atoms with E-state index >= 15 is 0 Å².